The van der Waals surface area contributed by atoms with Gasteiger partial charge in [0.05, 0.1) is 11.5 Å². The number of allylic oxidation sites excluding steroid dienone is 1. The number of nitrogens with two attached hydrogens (primary N) is 1. The molecule has 54 valence electrons. The summed E-state index contributed by atoms with van der Waals surface area (Å²) < 4.78 is 0. The largest absolute Gasteiger partial charge is 0.512 e. The molecule has 0 unspecified atom stereocenters. The standard InChI is InChI=1S/C6H13NOS/c1-2-6(8)5-9-4-3-7/h2,8H,3-5,7H2,1H3/b6-2-. The zero-order valence-electron chi connectivity index (χ0n) is 5.63. The maximum Gasteiger partial charge on any atom is 0.0978 e. The second-order valence-corrected chi connectivity index (χ2v) is 2.73. The normalized spacial score (nSPS) is 12.0. The van der Waals surface area contributed by atoms with Gasteiger partial charge in [-0.1, -0.05) is 0 Å². The Kier molecular flexibility index (Phi) is 5.88. The Labute approximate surface area is 60.1 Å². The van der Waals surface area contributed by atoms with Crippen molar-refractivity contribution in [3.05, 3.63) is 11.8 Å². The van der Waals surface area contributed by atoms with Gasteiger partial charge in [0, 0.05) is 12.3 Å². The second kappa shape index (κ2) is 5.98. The fourth-order valence-electron chi connectivity index (χ4n) is 0.343. The lowest BCUT2D eigenvalue weighted by atomic mass is 10.5. The molecule has 0 saturated carbocycles. The van der Waals surface area contributed by atoms with Crippen LogP contribution in [-0.2, 0) is 0 Å². The van der Waals surface area contributed by atoms with Crippen LogP contribution in [0.2, 0.25) is 0 Å². The Balaban J connectivity index is 3.07. The highest BCUT2D eigenvalue weighted by atomic mass is 32.2. The molecule has 0 radical (unpaired) electrons. The molecule has 9 heavy (non-hydrogen) atoms. The first-order valence-corrected chi connectivity index (χ1v) is 4.08. The number of rotatable bonds is 4. The van der Waals surface area contributed by atoms with Gasteiger partial charge in [-0.15, -0.1) is 0 Å². The van der Waals surface area contributed by atoms with Crippen LogP contribution in [0.3, 0.4) is 0 Å². The van der Waals surface area contributed by atoms with E-state index in [4.69, 9.17) is 10.8 Å². The summed E-state index contributed by atoms with van der Waals surface area (Å²) in [6, 6.07) is 0. The van der Waals surface area contributed by atoms with Crippen molar-refractivity contribution in [2.75, 3.05) is 18.1 Å². The Morgan fingerprint density at radius 2 is 2.44 bits per heavy atom. The summed E-state index contributed by atoms with van der Waals surface area (Å²) in [5, 5.41) is 8.88. The molecule has 0 aliphatic heterocycles. The van der Waals surface area contributed by atoms with E-state index in [-0.39, 0.29) is 0 Å². The Morgan fingerprint density at radius 3 is 2.89 bits per heavy atom. The monoisotopic (exact) mass is 147 g/mol. The van der Waals surface area contributed by atoms with Crippen molar-refractivity contribution in [1.29, 1.82) is 0 Å². The van der Waals surface area contributed by atoms with Crippen molar-refractivity contribution >= 4 is 11.8 Å². The summed E-state index contributed by atoms with van der Waals surface area (Å²) in [6.45, 7) is 2.50. The molecular weight excluding hydrogens is 134 g/mol. The molecule has 0 aromatic rings. The highest BCUT2D eigenvalue weighted by Crippen LogP contribution is 2.02. The van der Waals surface area contributed by atoms with Crippen LogP contribution in [0.4, 0.5) is 0 Å². The predicted molar refractivity (Wildman–Crippen MR) is 42.8 cm³/mol. The number of hydrogen-bond donors (Lipinski definition) is 2. The van der Waals surface area contributed by atoms with Crippen LogP contribution >= 0.6 is 11.8 Å². The minimum Gasteiger partial charge on any atom is -0.512 e. The second-order valence-electron chi connectivity index (χ2n) is 1.62. The topological polar surface area (TPSA) is 46.2 Å². The third-order valence-electron chi connectivity index (χ3n) is 0.845. The van der Waals surface area contributed by atoms with Crippen molar-refractivity contribution in [2.24, 2.45) is 5.73 Å². The van der Waals surface area contributed by atoms with E-state index in [1.807, 2.05) is 6.92 Å². The molecule has 3 heteroatoms. The molecule has 2 nitrogen and oxygen atoms in total. The summed E-state index contributed by atoms with van der Waals surface area (Å²) >= 11 is 1.64. The smallest absolute Gasteiger partial charge is 0.0978 e. The number of thioether (sulfide) groups is 1. The van der Waals surface area contributed by atoms with Crippen LogP contribution in [0.15, 0.2) is 11.8 Å². The Hall–Kier alpha value is -0.150. The summed E-state index contributed by atoms with van der Waals surface area (Å²) in [4.78, 5) is 0. The van der Waals surface area contributed by atoms with Crippen LogP contribution in [0.1, 0.15) is 6.92 Å². The first-order valence-electron chi connectivity index (χ1n) is 2.93. The van der Waals surface area contributed by atoms with Gasteiger partial charge in [-0.25, -0.2) is 0 Å². The van der Waals surface area contributed by atoms with Crippen molar-refractivity contribution in [1.82, 2.24) is 0 Å². The summed E-state index contributed by atoms with van der Waals surface area (Å²) in [7, 11) is 0. The Morgan fingerprint density at radius 1 is 1.78 bits per heavy atom. The van der Waals surface area contributed by atoms with E-state index in [1.54, 1.807) is 17.8 Å². The maximum absolute atomic E-state index is 8.88. The average Bonchev–Trinajstić information content (AvgIpc) is 1.89. The van der Waals surface area contributed by atoms with Crippen molar-refractivity contribution in [2.45, 2.75) is 6.92 Å². The van der Waals surface area contributed by atoms with Gasteiger partial charge in [0.2, 0.25) is 0 Å². The molecule has 0 aromatic heterocycles. The molecule has 0 heterocycles. The molecule has 0 bridgehead atoms. The van der Waals surface area contributed by atoms with Crippen molar-refractivity contribution in [3.8, 4) is 0 Å². The highest BCUT2D eigenvalue weighted by Gasteiger charge is 1.89. The lowest BCUT2D eigenvalue weighted by molar-refractivity contribution is 0.416. The quantitative estimate of drug-likeness (QED) is 0.463. The van der Waals surface area contributed by atoms with Gasteiger partial charge >= 0.3 is 0 Å². The lowest BCUT2D eigenvalue weighted by Crippen LogP contribution is -2.02. The first-order chi connectivity index (χ1) is 4.31. The maximum atomic E-state index is 8.88. The van der Waals surface area contributed by atoms with Gasteiger partial charge in [-0.05, 0) is 13.0 Å². The minimum absolute atomic E-state index is 0.438. The fraction of sp³-hybridized carbons (Fsp3) is 0.667. The van der Waals surface area contributed by atoms with Crippen LogP contribution in [0.5, 0.6) is 0 Å². The SMILES string of the molecule is C/C=C(\O)CSCCN. The van der Waals surface area contributed by atoms with Gasteiger partial charge < -0.3 is 10.8 Å². The molecule has 0 rings (SSSR count). The van der Waals surface area contributed by atoms with Crippen LogP contribution in [0.25, 0.3) is 0 Å². The molecule has 0 aliphatic rings. The van der Waals surface area contributed by atoms with Gasteiger partial charge in [0.25, 0.3) is 0 Å². The lowest BCUT2D eigenvalue weighted by Gasteiger charge is -1.96. The summed E-state index contributed by atoms with van der Waals surface area (Å²) in [5.74, 6) is 2.04. The summed E-state index contributed by atoms with van der Waals surface area (Å²) in [6.07, 6.45) is 1.70. The molecule has 0 fully saturated rings. The molecule has 0 atom stereocenters. The van der Waals surface area contributed by atoms with E-state index in [1.165, 1.54) is 0 Å². The van der Waals surface area contributed by atoms with Crippen LogP contribution < -0.4 is 5.73 Å². The molecular formula is C6H13NOS. The summed E-state index contributed by atoms with van der Waals surface area (Å²) in [5.41, 5.74) is 5.23. The van der Waals surface area contributed by atoms with Gasteiger partial charge in [-0.2, -0.15) is 11.8 Å². The number of aliphatic hydroxyl groups excluding tert-OH is 1. The van der Waals surface area contributed by atoms with E-state index in [0.29, 0.717) is 18.1 Å². The Bertz CT molecular complexity index is 93.1. The molecule has 0 aromatic carbocycles. The van der Waals surface area contributed by atoms with E-state index in [2.05, 4.69) is 0 Å². The fourth-order valence-corrected chi connectivity index (χ4v) is 1.03. The van der Waals surface area contributed by atoms with Crippen molar-refractivity contribution < 1.29 is 5.11 Å². The zero-order valence-corrected chi connectivity index (χ0v) is 6.45. The van der Waals surface area contributed by atoms with E-state index in [9.17, 15) is 0 Å². The van der Waals surface area contributed by atoms with Gasteiger partial charge in [0.15, 0.2) is 0 Å². The van der Waals surface area contributed by atoms with Crippen molar-refractivity contribution in [3.63, 3.8) is 0 Å². The van der Waals surface area contributed by atoms with Gasteiger partial charge in [0.1, 0.15) is 0 Å². The first kappa shape index (κ1) is 8.85. The number of hydrogen-bond acceptors (Lipinski definition) is 3. The third kappa shape index (κ3) is 5.73. The van der Waals surface area contributed by atoms with E-state index in [0.717, 1.165) is 5.75 Å². The third-order valence-corrected chi connectivity index (χ3v) is 1.87. The molecule has 0 spiro atoms. The predicted octanol–water partition coefficient (Wildman–Crippen LogP) is 1.14. The molecule has 0 amide bonds. The van der Waals surface area contributed by atoms with Crippen LogP contribution in [0, 0.1) is 0 Å². The molecule has 0 saturated heterocycles. The zero-order chi connectivity index (χ0) is 7.11. The van der Waals surface area contributed by atoms with E-state index < -0.39 is 0 Å². The number of aliphatic hydroxyl groups is 1. The minimum atomic E-state index is 0.438. The molecule has 0 aliphatic carbocycles. The highest BCUT2D eigenvalue weighted by molar-refractivity contribution is 7.99. The van der Waals surface area contributed by atoms with Crippen LogP contribution in [-0.4, -0.2) is 23.2 Å². The van der Waals surface area contributed by atoms with Gasteiger partial charge in [-0.3, -0.25) is 0 Å². The molecule has 3 N–H and O–H groups in total. The average molecular weight is 147 g/mol. The van der Waals surface area contributed by atoms with E-state index >= 15 is 0 Å².